The normalized spacial score (nSPS) is 19.5. The fraction of sp³-hybridized carbons (Fsp3) is 0.667. The van der Waals surface area contributed by atoms with E-state index in [1.165, 1.54) is 5.56 Å². The SMILES string of the molecule is Cn1cc(CCC2(O)CC2)cn1. The molecule has 0 aromatic carbocycles. The van der Waals surface area contributed by atoms with Crippen LogP contribution in [-0.4, -0.2) is 20.5 Å². The molecule has 66 valence electrons. The molecule has 3 nitrogen and oxygen atoms in total. The Kier molecular flexibility index (Phi) is 1.68. The van der Waals surface area contributed by atoms with E-state index in [1.807, 2.05) is 19.4 Å². The highest BCUT2D eigenvalue weighted by molar-refractivity contribution is 5.06. The van der Waals surface area contributed by atoms with Gasteiger partial charge in [0.25, 0.3) is 0 Å². The molecule has 1 aliphatic rings. The van der Waals surface area contributed by atoms with Gasteiger partial charge in [0, 0.05) is 13.2 Å². The smallest absolute Gasteiger partial charge is 0.0653 e. The van der Waals surface area contributed by atoms with Gasteiger partial charge in [0.15, 0.2) is 0 Å². The van der Waals surface area contributed by atoms with Crippen molar-refractivity contribution in [2.45, 2.75) is 31.3 Å². The van der Waals surface area contributed by atoms with Crippen molar-refractivity contribution in [3.05, 3.63) is 18.0 Å². The topological polar surface area (TPSA) is 38.0 Å². The Morgan fingerprint density at radius 2 is 2.42 bits per heavy atom. The molecule has 0 saturated heterocycles. The van der Waals surface area contributed by atoms with Gasteiger partial charge in [-0.2, -0.15) is 5.10 Å². The van der Waals surface area contributed by atoms with Crippen LogP contribution < -0.4 is 0 Å². The van der Waals surface area contributed by atoms with E-state index in [4.69, 9.17) is 0 Å². The zero-order valence-corrected chi connectivity index (χ0v) is 7.32. The number of aliphatic hydroxyl groups is 1. The van der Waals surface area contributed by atoms with Gasteiger partial charge in [-0.1, -0.05) is 0 Å². The second kappa shape index (κ2) is 2.59. The highest BCUT2D eigenvalue weighted by atomic mass is 16.3. The van der Waals surface area contributed by atoms with Crippen LogP contribution in [0.15, 0.2) is 12.4 Å². The third-order valence-electron chi connectivity index (χ3n) is 2.46. The third-order valence-corrected chi connectivity index (χ3v) is 2.46. The summed E-state index contributed by atoms with van der Waals surface area (Å²) in [6.45, 7) is 0. The first-order valence-corrected chi connectivity index (χ1v) is 4.38. The number of aromatic nitrogens is 2. The summed E-state index contributed by atoms with van der Waals surface area (Å²) in [5, 5.41) is 13.6. The molecule has 0 radical (unpaired) electrons. The van der Waals surface area contributed by atoms with Crippen molar-refractivity contribution in [1.82, 2.24) is 9.78 Å². The van der Waals surface area contributed by atoms with Crippen LogP contribution in [0, 0.1) is 0 Å². The fourth-order valence-electron chi connectivity index (χ4n) is 1.37. The van der Waals surface area contributed by atoms with E-state index in [9.17, 15) is 5.11 Å². The Balaban J connectivity index is 1.87. The van der Waals surface area contributed by atoms with E-state index < -0.39 is 0 Å². The zero-order chi connectivity index (χ0) is 8.60. The second-order valence-electron chi connectivity index (χ2n) is 3.75. The van der Waals surface area contributed by atoms with Gasteiger partial charge >= 0.3 is 0 Å². The van der Waals surface area contributed by atoms with Crippen molar-refractivity contribution in [2.24, 2.45) is 7.05 Å². The first kappa shape index (κ1) is 7.80. The van der Waals surface area contributed by atoms with Crippen LogP contribution in [0.25, 0.3) is 0 Å². The first-order chi connectivity index (χ1) is 5.68. The average Bonchev–Trinajstić information content (AvgIpc) is 2.60. The largest absolute Gasteiger partial charge is 0.390 e. The van der Waals surface area contributed by atoms with Crippen molar-refractivity contribution >= 4 is 0 Å². The molecule has 0 amide bonds. The molecule has 1 aliphatic carbocycles. The Bertz CT molecular complexity index is 276. The molecule has 1 aromatic heterocycles. The summed E-state index contributed by atoms with van der Waals surface area (Å²) < 4.78 is 1.80. The van der Waals surface area contributed by atoms with E-state index in [1.54, 1.807) is 4.68 Å². The molecular weight excluding hydrogens is 152 g/mol. The number of rotatable bonds is 3. The van der Waals surface area contributed by atoms with Crippen LogP contribution in [0.3, 0.4) is 0 Å². The lowest BCUT2D eigenvalue weighted by Crippen LogP contribution is -2.07. The van der Waals surface area contributed by atoms with Gasteiger partial charge in [-0.3, -0.25) is 4.68 Å². The van der Waals surface area contributed by atoms with Gasteiger partial charge in [0.05, 0.1) is 11.8 Å². The predicted molar refractivity (Wildman–Crippen MR) is 45.7 cm³/mol. The quantitative estimate of drug-likeness (QED) is 0.723. The van der Waals surface area contributed by atoms with Gasteiger partial charge in [-0.05, 0) is 31.2 Å². The van der Waals surface area contributed by atoms with Gasteiger partial charge < -0.3 is 5.11 Å². The Labute approximate surface area is 72.0 Å². The zero-order valence-electron chi connectivity index (χ0n) is 7.32. The van der Waals surface area contributed by atoms with E-state index in [0.29, 0.717) is 0 Å². The minimum atomic E-state index is -0.324. The molecular formula is C9H14N2O. The molecule has 2 rings (SSSR count). The summed E-state index contributed by atoms with van der Waals surface area (Å²) in [6, 6.07) is 0. The summed E-state index contributed by atoms with van der Waals surface area (Å²) in [4.78, 5) is 0. The predicted octanol–water partition coefficient (Wildman–Crippen LogP) is 0.878. The molecule has 1 heterocycles. The summed E-state index contributed by atoms with van der Waals surface area (Å²) in [5.41, 5.74) is 0.897. The standard InChI is InChI=1S/C9H14N2O/c1-11-7-8(6-10-11)2-3-9(12)4-5-9/h6-7,12H,2-5H2,1H3. The highest BCUT2D eigenvalue weighted by Gasteiger charge is 2.39. The molecule has 3 heteroatoms. The first-order valence-electron chi connectivity index (χ1n) is 4.38. The number of aryl methyl sites for hydroxylation is 2. The van der Waals surface area contributed by atoms with Crippen molar-refractivity contribution in [3.8, 4) is 0 Å². The van der Waals surface area contributed by atoms with E-state index >= 15 is 0 Å². The maximum atomic E-state index is 9.57. The van der Waals surface area contributed by atoms with E-state index in [-0.39, 0.29) is 5.60 Å². The second-order valence-corrected chi connectivity index (χ2v) is 3.75. The Morgan fingerprint density at radius 1 is 1.67 bits per heavy atom. The van der Waals surface area contributed by atoms with Gasteiger partial charge in [-0.15, -0.1) is 0 Å². The van der Waals surface area contributed by atoms with Crippen molar-refractivity contribution in [2.75, 3.05) is 0 Å². The summed E-state index contributed by atoms with van der Waals surface area (Å²) in [7, 11) is 1.91. The molecule has 1 fully saturated rings. The Morgan fingerprint density at radius 3 is 2.92 bits per heavy atom. The number of hydrogen-bond acceptors (Lipinski definition) is 2. The average molecular weight is 166 g/mol. The van der Waals surface area contributed by atoms with Crippen molar-refractivity contribution in [1.29, 1.82) is 0 Å². The minimum absolute atomic E-state index is 0.324. The molecule has 12 heavy (non-hydrogen) atoms. The maximum absolute atomic E-state index is 9.57. The van der Waals surface area contributed by atoms with E-state index in [2.05, 4.69) is 5.10 Å². The van der Waals surface area contributed by atoms with Crippen LogP contribution in [0.1, 0.15) is 24.8 Å². The fourth-order valence-corrected chi connectivity index (χ4v) is 1.37. The monoisotopic (exact) mass is 166 g/mol. The molecule has 0 spiro atoms. The number of hydrogen-bond donors (Lipinski definition) is 1. The lowest BCUT2D eigenvalue weighted by Gasteiger charge is -2.04. The molecule has 1 saturated carbocycles. The molecule has 0 aliphatic heterocycles. The van der Waals surface area contributed by atoms with Gasteiger partial charge in [0.2, 0.25) is 0 Å². The summed E-state index contributed by atoms with van der Waals surface area (Å²) >= 11 is 0. The van der Waals surface area contributed by atoms with Gasteiger partial charge in [-0.25, -0.2) is 0 Å². The lowest BCUT2D eigenvalue weighted by molar-refractivity contribution is 0.140. The van der Waals surface area contributed by atoms with Gasteiger partial charge in [0.1, 0.15) is 0 Å². The third kappa shape index (κ3) is 1.67. The maximum Gasteiger partial charge on any atom is 0.0653 e. The molecule has 0 unspecified atom stereocenters. The summed E-state index contributed by atoms with van der Waals surface area (Å²) in [6.07, 6.45) is 7.67. The van der Waals surface area contributed by atoms with Crippen LogP contribution in [0.4, 0.5) is 0 Å². The van der Waals surface area contributed by atoms with Crippen LogP contribution in [0.5, 0.6) is 0 Å². The highest BCUT2D eigenvalue weighted by Crippen LogP contribution is 2.39. The molecule has 0 atom stereocenters. The summed E-state index contributed by atoms with van der Waals surface area (Å²) in [5.74, 6) is 0. The molecule has 1 aromatic rings. The van der Waals surface area contributed by atoms with Crippen LogP contribution >= 0.6 is 0 Å². The van der Waals surface area contributed by atoms with Crippen LogP contribution in [-0.2, 0) is 13.5 Å². The van der Waals surface area contributed by atoms with Crippen molar-refractivity contribution < 1.29 is 5.11 Å². The molecule has 1 N–H and O–H groups in total. The lowest BCUT2D eigenvalue weighted by atomic mass is 10.1. The van der Waals surface area contributed by atoms with Crippen molar-refractivity contribution in [3.63, 3.8) is 0 Å². The Hall–Kier alpha value is -0.830. The molecule has 0 bridgehead atoms. The van der Waals surface area contributed by atoms with E-state index in [0.717, 1.165) is 25.7 Å². The number of nitrogens with zero attached hydrogens (tertiary/aromatic N) is 2. The van der Waals surface area contributed by atoms with Crippen LogP contribution in [0.2, 0.25) is 0 Å². The minimum Gasteiger partial charge on any atom is -0.390 e.